The lowest BCUT2D eigenvalue weighted by Gasteiger charge is -2.30. The van der Waals surface area contributed by atoms with Crippen molar-refractivity contribution in [2.45, 2.75) is 30.8 Å². The molecule has 1 atom stereocenters. The van der Waals surface area contributed by atoms with E-state index in [9.17, 15) is 31.6 Å². The third kappa shape index (κ3) is 4.43. The van der Waals surface area contributed by atoms with E-state index in [2.05, 4.69) is 5.32 Å². The van der Waals surface area contributed by atoms with Crippen molar-refractivity contribution in [3.63, 3.8) is 0 Å². The summed E-state index contributed by atoms with van der Waals surface area (Å²) in [5.74, 6) is -4.31. The van der Waals surface area contributed by atoms with Gasteiger partial charge in [0.2, 0.25) is 10.0 Å². The van der Waals surface area contributed by atoms with Gasteiger partial charge in [-0.2, -0.15) is 4.31 Å². The molecule has 0 aliphatic carbocycles. The zero-order valence-electron chi connectivity index (χ0n) is 16.1. The Morgan fingerprint density at radius 1 is 1.17 bits per heavy atom. The van der Waals surface area contributed by atoms with Gasteiger partial charge >= 0.3 is 12.0 Å². The minimum absolute atomic E-state index is 0.0159. The Bertz CT molecular complexity index is 963. The molecule has 2 fully saturated rings. The molecule has 2 aliphatic heterocycles. The average molecular weight is 445 g/mol. The monoisotopic (exact) mass is 445 g/mol. The van der Waals surface area contributed by atoms with Crippen LogP contribution in [0.15, 0.2) is 23.1 Å². The number of carbonyl (C=O) groups excluding carboxylic acids is 3. The van der Waals surface area contributed by atoms with Gasteiger partial charge < -0.3 is 10.1 Å². The van der Waals surface area contributed by atoms with Crippen molar-refractivity contribution in [1.29, 1.82) is 0 Å². The standard InChI is InChI=1S/C18H21F2N3O6S/c1-11(16(24)23-9-6-21-18(23)26)29-17(25)12-4-7-22(8-5-12)30(27,28)13-2-3-14(19)15(20)10-13/h2-3,10-12H,4-9H2,1H3,(H,21,26). The number of sulfonamides is 1. The van der Waals surface area contributed by atoms with E-state index in [1.54, 1.807) is 0 Å². The first-order valence-electron chi connectivity index (χ1n) is 9.36. The van der Waals surface area contributed by atoms with E-state index in [4.69, 9.17) is 4.74 Å². The van der Waals surface area contributed by atoms with E-state index in [1.807, 2.05) is 0 Å². The number of amides is 3. The van der Waals surface area contributed by atoms with Crippen molar-refractivity contribution >= 4 is 27.9 Å². The number of urea groups is 1. The third-order valence-corrected chi connectivity index (χ3v) is 6.97. The lowest BCUT2D eigenvalue weighted by atomic mass is 9.98. The molecule has 0 aromatic heterocycles. The molecule has 1 aromatic rings. The molecule has 164 valence electrons. The molecular weight excluding hydrogens is 424 g/mol. The summed E-state index contributed by atoms with van der Waals surface area (Å²) in [7, 11) is -4.03. The van der Waals surface area contributed by atoms with Gasteiger partial charge in [-0.3, -0.25) is 14.5 Å². The highest BCUT2D eigenvalue weighted by Gasteiger charge is 2.36. The van der Waals surface area contributed by atoms with Crippen LogP contribution in [0.5, 0.6) is 0 Å². The molecule has 0 spiro atoms. The fourth-order valence-corrected chi connectivity index (χ4v) is 4.82. The first-order chi connectivity index (χ1) is 14.1. The zero-order chi connectivity index (χ0) is 22.1. The summed E-state index contributed by atoms with van der Waals surface area (Å²) >= 11 is 0. The third-order valence-electron chi connectivity index (χ3n) is 5.08. The van der Waals surface area contributed by atoms with Crippen molar-refractivity contribution < 1.29 is 36.3 Å². The molecule has 0 radical (unpaired) electrons. The van der Waals surface area contributed by atoms with Gasteiger partial charge in [0.25, 0.3) is 5.91 Å². The van der Waals surface area contributed by atoms with E-state index >= 15 is 0 Å². The van der Waals surface area contributed by atoms with Gasteiger partial charge in [0.1, 0.15) is 0 Å². The van der Waals surface area contributed by atoms with Crippen LogP contribution in [0.25, 0.3) is 0 Å². The van der Waals surface area contributed by atoms with Crippen molar-refractivity contribution in [1.82, 2.24) is 14.5 Å². The van der Waals surface area contributed by atoms with Crippen LogP contribution in [-0.2, 0) is 24.3 Å². The van der Waals surface area contributed by atoms with E-state index in [0.29, 0.717) is 12.6 Å². The second kappa shape index (κ2) is 8.64. The lowest BCUT2D eigenvalue weighted by molar-refractivity contribution is -0.162. The smallest absolute Gasteiger partial charge is 0.324 e. The molecule has 12 heteroatoms. The largest absolute Gasteiger partial charge is 0.452 e. The topological polar surface area (TPSA) is 113 Å². The molecule has 2 aliphatic rings. The number of nitrogens with zero attached hydrogens (tertiary/aromatic N) is 2. The molecule has 3 amide bonds. The predicted molar refractivity (Wildman–Crippen MR) is 98.5 cm³/mol. The maximum Gasteiger partial charge on any atom is 0.324 e. The molecule has 1 N–H and O–H groups in total. The summed E-state index contributed by atoms with van der Waals surface area (Å²) < 4.78 is 57.9. The van der Waals surface area contributed by atoms with Gasteiger partial charge in [-0.05, 0) is 38.0 Å². The minimum atomic E-state index is -4.03. The molecule has 30 heavy (non-hydrogen) atoms. The Morgan fingerprint density at radius 2 is 1.83 bits per heavy atom. The van der Waals surface area contributed by atoms with Gasteiger partial charge in [-0.25, -0.2) is 22.0 Å². The fraction of sp³-hybridized carbons (Fsp3) is 0.500. The Labute approximate surface area is 172 Å². The van der Waals surface area contributed by atoms with Crippen LogP contribution in [0.1, 0.15) is 19.8 Å². The van der Waals surface area contributed by atoms with Gasteiger partial charge in [-0.1, -0.05) is 0 Å². The van der Waals surface area contributed by atoms with Crippen LogP contribution in [0, 0.1) is 17.6 Å². The molecular formula is C18H21F2N3O6S. The maximum atomic E-state index is 13.4. The van der Waals surface area contributed by atoms with Crippen LogP contribution in [0.4, 0.5) is 13.6 Å². The number of esters is 1. The number of hydrogen-bond donors (Lipinski definition) is 1. The van der Waals surface area contributed by atoms with Gasteiger partial charge in [0.05, 0.1) is 10.8 Å². The van der Waals surface area contributed by atoms with E-state index in [1.165, 1.54) is 6.92 Å². The number of rotatable bonds is 5. The number of carbonyl (C=O) groups is 3. The SMILES string of the molecule is CC(OC(=O)C1CCN(S(=O)(=O)c2ccc(F)c(F)c2)CC1)C(=O)N1CCNC1=O. The van der Waals surface area contributed by atoms with Crippen LogP contribution >= 0.6 is 0 Å². The van der Waals surface area contributed by atoms with Crippen LogP contribution < -0.4 is 5.32 Å². The van der Waals surface area contributed by atoms with Crippen molar-refractivity contribution in [3.8, 4) is 0 Å². The Hall–Kier alpha value is -2.60. The van der Waals surface area contributed by atoms with Crippen molar-refractivity contribution in [3.05, 3.63) is 29.8 Å². The zero-order valence-corrected chi connectivity index (χ0v) is 17.0. The molecule has 2 saturated heterocycles. The number of halogens is 2. The summed E-state index contributed by atoms with van der Waals surface area (Å²) in [5.41, 5.74) is 0. The van der Waals surface area contributed by atoms with Gasteiger partial charge in [0, 0.05) is 26.2 Å². The van der Waals surface area contributed by atoms with Crippen LogP contribution in [-0.4, -0.2) is 67.8 Å². The Morgan fingerprint density at radius 3 is 2.40 bits per heavy atom. The first kappa shape index (κ1) is 22.1. The summed E-state index contributed by atoms with van der Waals surface area (Å²) in [4.78, 5) is 36.7. The fourth-order valence-electron chi connectivity index (χ4n) is 3.34. The molecule has 2 heterocycles. The molecule has 0 bridgehead atoms. The van der Waals surface area contributed by atoms with Crippen molar-refractivity contribution in [2.75, 3.05) is 26.2 Å². The lowest BCUT2D eigenvalue weighted by Crippen LogP contribution is -2.44. The maximum absolute atomic E-state index is 13.4. The van der Waals surface area contributed by atoms with Gasteiger partial charge in [0.15, 0.2) is 17.7 Å². The normalized spacial score (nSPS) is 19.4. The predicted octanol–water partition coefficient (Wildman–Crippen LogP) is 0.849. The van der Waals surface area contributed by atoms with Gasteiger partial charge in [-0.15, -0.1) is 0 Å². The Kier molecular flexibility index (Phi) is 6.36. The summed E-state index contributed by atoms with van der Waals surface area (Å²) in [6, 6.07) is 1.80. The minimum Gasteiger partial charge on any atom is -0.452 e. The summed E-state index contributed by atoms with van der Waals surface area (Å²) in [5, 5.41) is 2.48. The number of hydrogen-bond acceptors (Lipinski definition) is 6. The van der Waals surface area contributed by atoms with E-state index in [0.717, 1.165) is 21.3 Å². The highest BCUT2D eigenvalue weighted by molar-refractivity contribution is 7.89. The second-order valence-electron chi connectivity index (χ2n) is 7.06. The highest BCUT2D eigenvalue weighted by Crippen LogP contribution is 2.26. The molecule has 3 rings (SSSR count). The quantitative estimate of drug-likeness (QED) is 0.673. The van der Waals surface area contributed by atoms with E-state index in [-0.39, 0.29) is 37.4 Å². The van der Waals surface area contributed by atoms with Crippen LogP contribution in [0.3, 0.4) is 0 Å². The Balaban J connectivity index is 1.56. The first-order valence-corrected chi connectivity index (χ1v) is 10.8. The molecule has 9 nitrogen and oxygen atoms in total. The number of imide groups is 1. The molecule has 0 saturated carbocycles. The van der Waals surface area contributed by atoms with Crippen molar-refractivity contribution in [2.24, 2.45) is 5.92 Å². The second-order valence-corrected chi connectivity index (χ2v) is 8.99. The van der Waals surface area contributed by atoms with E-state index < -0.39 is 51.6 Å². The molecule has 1 aromatic carbocycles. The number of ether oxygens (including phenoxy) is 1. The summed E-state index contributed by atoms with van der Waals surface area (Å²) in [6.07, 6.45) is -0.856. The molecule has 1 unspecified atom stereocenters. The number of nitrogens with one attached hydrogen (secondary N) is 1. The number of piperidine rings is 1. The highest BCUT2D eigenvalue weighted by atomic mass is 32.2. The average Bonchev–Trinajstić information content (AvgIpc) is 3.15. The van der Waals surface area contributed by atoms with Crippen LogP contribution in [0.2, 0.25) is 0 Å². The number of benzene rings is 1. The summed E-state index contributed by atoms with van der Waals surface area (Å²) in [6.45, 7) is 1.86.